The number of hydrogen-bond acceptors (Lipinski definition) is 7. The molecule has 0 radical (unpaired) electrons. The van der Waals surface area contributed by atoms with E-state index in [-0.39, 0.29) is 5.91 Å². The van der Waals surface area contributed by atoms with Crippen molar-refractivity contribution in [1.29, 1.82) is 0 Å². The molecule has 0 spiro atoms. The Kier molecular flexibility index (Phi) is 6.86. The van der Waals surface area contributed by atoms with Crippen molar-refractivity contribution >= 4 is 34.1 Å². The van der Waals surface area contributed by atoms with Gasteiger partial charge in [-0.05, 0) is 51.9 Å². The second-order valence-electron chi connectivity index (χ2n) is 7.52. The van der Waals surface area contributed by atoms with Crippen LogP contribution in [0.5, 0.6) is 0 Å². The van der Waals surface area contributed by atoms with Gasteiger partial charge in [0.1, 0.15) is 5.76 Å². The molecule has 3 aromatic rings. The van der Waals surface area contributed by atoms with Crippen LogP contribution in [0.15, 0.2) is 39.1 Å². The third kappa shape index (κ3) is 5.11. The van der Waals surface area contributed by atoms with Crippen molar-refractivity contribution in [2.45, 2.75) is 50.3 Å². The smallest absolute Gasteiger partial charge is 0.258 e. The highest BCUT2D eigenvalue weighted by atomic mass is 32.2. The summed E-state index contributed by atoms with van der Waals surface area (Å²) in [5.41, 5.74) is 3.66. The fourth-order valence-electron chi connectivity index (χ4n) is 3.59. The van der Waals surface area contributed by atoms with E-state index in [4.69, 9.17) is 4.52 Å². The largest absolute Gasteiger partial charge is 0.361 e. The minimum atomic E-state index is -0.129. The number of hydrogen-bond donors (Lipinski definition) is 1. The van der Waals surface area contributed by atoms with Crippen LogP contribution in [0.25, 0.3) is 0 Å². The maximum Gasteiger partial charge on any atom is 0.258 e. The molecular formula is C22H26N4O2S2. The van der Waals surface area contributed by atoms with Gasteiger partial charge >= 0.3 is 0 Å². The normalized spacial score (nSPS) is 14.7. The van der Waals surface area contributed by atoms with Crippen LogP contribution < -0.4 is 5.32 Å². The first-order valence-corrected chi connectivity index (χ1v) is 12.1. The van der Waals surface area contributed by atoms with Gasteiger partial charge in [-0.15, -0.1) is 23.1 Å². The Labute approximate surface area is 185 Å². The van der Waals surface area contributed by atoms with E-state index < -0.39 is 0 Å². The molecule has 0 bridgehead atoms. The molecule has 1 amide bonds. The number of anilines is 1. The Morgan fingerprint density at radius 1 is 1.23 bits per heavy atom. The summed E-state index contributed by atoms with van der Waals surface area (Å²) in [6, 6.07) is 7.67. The van der Waals surface area contributed by atoms with Gasteiger partial charge in [0.05, 0.1) is 17.0 Å². The van der Waals surface area contributed by atoms with Crippen molar-refractivity contribution in [3.8, 4) is 0 Å². The van der Waals surface area contributed by atoms with E-state index in [9.17, 15) is 4.79 Å². The highest BCUT2D eigenvalue weighted by Gasteiger charge is 2.17. The lowest BCUT2D eigenvalue weighted by atomic mass is 10.1. The molecule has 1 N–H and O–H groups in total. The number of aromatic nitrogens is 2. The van der Waals surface area contributed by atoms with Crippen LogP contribution in [-0.2, 0) is 12.3 Å². The van der Waals surface area contributed by atoms with Crippen molar-refractivity contribution in [2.24, 2.45) is 0 Å². The summed E-state index contributed by atoms with van der Waals surface area (Å²) in [6.45, 7) is 6.98. The summed E-state index contributed by atoms with van der Waals surface area (Å²) < 4.78 is 5.24. The number of thiazole rings is 1. The summed E-state index contributed by atoms with van der Waals surface area (Å²) >= 11 is 3.10. The van der Waals surface area contributed by atoms with Crippen LogP contribution in [-0.4, -0.2) is 34.0 Å². The third-order valence-corrected chi connectivity index (χ3v) is 7.20. The number of thioether (sulfide) groups is 1. The van der Waals surface area contributed by atoms with Crippen LogP contribution >= 0.6 is 23.1 Å². The fourth-order valence-corrected chi connectivity index (χ4v) is 5.49. The van der Waals surface area contributed by atoms with Gasteiger partial charge in [-0.1, -0.05) is 23.7 Å². The summed E-state index contributed by atoms with van der Waals surface area (Å²) in [5.74, 6) is 1.41. The number of nitrogens with one attached hydrogen (secondary N) is 1. The topological polar surface area (TPSA) is 71.3 Å². The minimum Gasteiger partial charge on any atom is -0.361 e. The summed E-state index contributed by atoms with van der Waals surface area (Å²) in [5, 5.41) is 9.68. The molecular weight excluding hydrogens is 416 g/mol. The number of piperidine rings is 1. The Morgan fingerprint density at radius 3 is 2.80 bits per heavy atom. The predicted molar refractivity (Wildman–Crippen MR) is 121 cm³/mol. The molecule has 3 heterocycles. The summed E-state index contributed by atoms with van der Waals surface area (Å²) in [6.07, 6.45) is 3.84. The molecule has 4 rings (SSSR count). The van der Waals surface area contributed by atoms with Gasteiger partial charge in [0, 0.05) is 28.1 Å². The summed E-state index contributed by atoms with van der Waals surface area (Å²) in [4.78, 5) is 20.9. The number of carbonyl (C=O) groups excluding carboxylic acids is 1. The van der Waals surface area contributed by atoms with Crippen molar-refractivity contribution in [1.82, 2.24) is 15.0 Å². The van der Waals surface area contributed by atoms with Gasteiger partial charge in [0.25, 0.3) is 5.91 Å². The number of rotatable bonds is 7. The lowest BCUT2D eigenvalue weighted by molar-refractivity contribution is 0.102. The van der Waals surface area contributed by atoms with Gasteiger partial charge in [0.15, 0.2) is 5.13 Å². The maximum atomic E-state index is 12.9. The Hall–Kier alpha value is -2.16. The first kappa shape index (κ1) is 21.1. The van der Waals surface area contributed by atoms with E-state index in [0.717, 1.165) is 47.2 Å². The zero-order valence-electron chi connectivity index (χ0n) is 17.3. The second kappa shape index (κ2) is 9.76. The van der Waals surface area contributed by atoms with Crippen LogP contribution in [0.2, 0.25) is 0 Å². The van der Waals surface area contributed by atoms with Gasteiger partial charge in [-0.3, -0.25) is 15.0 Å². The van der Waals surface area contributed by atoms with Crippen LogP contribution in [0, 0.1) is 13.8 Å². The van der Waals surface area contributed by atoms with E-state index in [1.807, 2.05) is 43.5 Å². The number of likely N-dealkylation sites (tertiary alicyclic amines) is 1. The average Bonchev–Trinajstić information content (AvgIpc) is 3.33. The summed E-state index contributed by atoms with van der Waals surface area (Å²) in [7, 11) is 0. The van der Waals surface area contributed by atoms with Crippen LogP contribution in [0.1, 0.15) is 52.3 Å². The molecule has 1 fully saturated rings. The average molecular weight is 443 g/mol. The minimum absolute atomic E-state index is 0.129. The number of carbonyl (C=O) groups is 1. The first-order valence-electron chi connectivity index (χ1n) is 10.2. The molecule has 1 aromatic carbocycles. The molecule has 1 aliphatic rings. The quantitative estimate of drug-likeness (QED) is 0.502. The molecule has 158 valence electrons. The van der Waals surface area contributed by atoms with Crippen LogP contribution in [0.3, 0.4) is 0 Å². The fraction of sp³-hybridized carbons (Fsp3) is 0.409. The zero-order valence-corrected chi connectivity index (χ0v) is 18.9. The predicted octanol–water partition coefficient (Wildman–Crippen LogP) is 5.28. The SMILES string of the molecule is Cc1noc(C)c1CSc1ccccc1C(=O)Nc1nc(CN2CCCCC2)cs1. The number of amides is 1. The standard InChI is InChI=1S/C22H26N4O2S2/c1-15-19(16(2)28-25-15)14-29-20-9-5-4-8-18(20)21(27)24-22-23-17(13-30-22)12-26-10-6-3-7-11-26/h4-5,8-9,13H,3,6-7,10-12,14H2,1-2H3,(H,23,24,27). The molecule has 0 aliphatic carbocycles. The second-order valence-corrected chi connectivity index (χ2v) is 9.40. The van der Waals surface area contributed by atoms with E-state index in [1.165, 1.54) is 30.6 Å². The van der Waals surface area contributed by atoms with Gasteiger partial charge < -0.3 is 4.52 Å². The lowest BCUT2D eigenvalue weighted by Crippen LogP contribution is -2.29. The lowest BCUT2D eigenvalue weighted by Gasteiger charge is -2.25. The van der Waals surface area contributed by atoms with Crippen molar-refractivity contribution in [2.75, 3.05) is 18.4 Å². The zero-order chi connectivity index (χ0) is 20.9. The molecule has 30 heavy (non-hydrogen) atoms. The van der Waals surface area contributed by atoms with E-state index >= 15 is 0 Å². The van der Waals surface area contributed by atoms with Gasteiger partial charge in [-0.2, -0.15) is 0 Å². The Balaban J connectivity index is 1.40. The molecule has 1 saturated heterocycles. The molecule has 6 nitrogen and oxygen atoms in total. The number of benzene rings is 1. The van der Waals surface area contributed by atoms with E-state index in [1.54, 1.807) is 11.8 Å². The van der Waals surface area contributed by atoms with Gasteiger partial charge in [-0.25, -0.2) is 4.98 Å². The monoisotopic (exact) mass is 442 g/mol. The van der Waals surface area contributed by atoms with Crippen molar-refractivity contribution in [3.05, 3.63) is 57.9 Å². The van der Waals surface area contributed by atoms with Crippen LogP contribution in [0.4, 0.5) is 5.13 Å². The van der Waals surface area contributed by atoms with E-state index in [2.05, 4.69) is 20.4 Å². The Bertz CT molecular complexity index is 989. The van der Waals surface area contributed by atoms with Gasteiger partial charge in [0.2, 0.25) is 0 Å². The molecule has 0 saturated carbocycles. The third-order valence-electron chi connectivity index (χ3n) is 5.29. The molecule has 2 aromatic heterocycles. The Morgan fingerprint density at radius 2 is 2.03 bits per heavy atom. The number of nitrogens with zero attached hydrogens (tertiary/aromatic N) is 3. The highest BCUT2D eigenvalue weighted by molar-refractivity contribution is 7.98. The molecule has 1 aliphatic heterocycles. The number of aryl methyl sites for hydroxylation is 2. The highest BCUT2D eigenvalue weighted by Crippen LogP contribution is 2.29. The van der Waals surface area contributed by atoms with E-state index in [0.29, 0.717) is 16.4 Å². The molecule has 0 atom stereocenters. The first-order chi connectivity index (χ1) is 14.6. The van der Waals surface area contributed by atoms with Crippen molar-refractivity contribution < 1.29 is 9.32 Å². The van der Waals surface area contributed by atoms with Crippen molar-refractivity contribution in [3.63, 3.8) is 0 Å². The molecule has 0 unspecified atom stereocenters. The maximum absolute atomic E-state index is 12.9. The molecule has 8 heteroatoms.